The minimum atomic E-state index is -0.539. The number of aliphatic hydroxyl groups is 1. The third-order valence-corrected chi connectivity index (χ3v) is 4.56. The molecule has 2 aliphatic rings. The van der Waals surface area contributed by atoms with Crippen molar-refractivity contribution in [2.24, 2.45) is 22.1 Å². The maximum absolute atomic E-state index is 12.4. The first-order valence-corrected chi connectivity index (χ1v) is 7.63. The van der Waals surface area contributed by atoms with Crippen molar-refractivity contribution in [2.45, 2.75) is 25.4 Å². The number of methoxy groups -OCH3 is 1. The molecule has 1 amide bonds. The van der Waals surface area contributed by atoms with Crippen molar-refractivity contribution in [1.82, 2.24) is 0 Å². The predicted molar refractivity (Wildman–Crippen MR) is 81.9 cm³/mol. The van der Waals surface area contributed by atoms with Gasteiger partial charge in [0.05, 0.1) is 6.10 Å². The van der Waals surface area contributed by atoms with Crippen LogP contribution in [0.2, 0.25) is 0 Å². The van der Waals surface area contributed by atoms with Crippen molar-refractivity contribution < 1.29 is 19.4 Å². The molecule has 1 fully saturated rings. The molecule has 3 unspecified atom stereocenters. The van der Waals surface area contributed by atoms with Gasteiger partial charge in [-0.3, -0.25) is 9.59 Å². The average molecular weight is 314 g/mol. The van der Waals surface area contributed by atoms with Crippen LogP contribution in [0.5, 0.6) is 0 Å². The van der Waals surface area contributed by atoms with Gasteiger partial charge < -0.3 is 9.84 Å². The van der Waals surface area contributed by atoms with Gasteiger partial charge in [0.25, 0.3) is 5.91 Å². The fraction of sp³-hybridized carbons (Fsp3) is 0.412. The summed E-state index contributed by atoms with van der Waals surface area (Å²) < 4.78 is 5.32. The van der Waals surface area contributed by atoms with E-state index in [9.17, 15) is 14.7 Å². The van der Waals surface area contributed by atoms with Crippen LogP contribution in [0.3, 0.4) is 0 Å². The molecule has 1 saturated carbocycles. The van der Waals surface area contributed by atoms with E-state index in [-0.39, 0.29) is 35.2 Å². The third kappa shape index (κ3) is 2.94. The Morgan fingerprint density at radius 2 is 1.96 bits per heavy atom. The summed E-state index contributed by atoms with van der Waals surface area (Å²) in [6, 6.07) is 8.48. The molecule has 6 heteroatoms. The zero-order chi connectivity index (χ0) is 16.4. The van der Waals surface area contributed by atoms with E-state index in [1.165, 1.54) is 0 Å². The lowest BCUT2D eigenvalue weighted by Crippen LogP contribution is -2.30. The maximum Gasteiger partial charge on any atom is 0.295 e. The lowest BCUT2D eigenvalue weighted by molar-refractivity contribution is -0.121. The molecule has 3 atom stereocenters. The molecule has 0 radical (unpaired) electrons. The number of ketones is 1. The Hall–Kier alpha value is -2.34. The van der Waals surface area contributed by atoms with Crippen LogP contribution in [0.1, 0.15) is 29.6 Å². The first kappa shape index (κ1) is 15.6. The number of aliphatic hydroxyl groups excluding tert-OH is 1. The quantitative estimate of drug-likeness (QED) is 0.868. The number of amides is 1. The van der Waals surface area contributed by atoms with E-state index in [0.717, 1.165) is 6.42 Å². The Morgan fingerprint density at radius 3 is 2.65 bits per heavy atom. The number of allylic oxidation sites excluding steroid dienone is 2. The topological polar surface area (TPSA) is 88.3 Å². The molecule has 6 nitrogen and oxygen atoms in total. The van der Waals surface area contributed by atoms with E-state index in [1.54, 1.807) is 37.4 Å². The molecule has 23 heavy (non-hydrogen) atoms. The Bertz CT molecular complexity index is 681. The van der Waals surface area contributed by atoms with Crippen molar-refractivity contribution in [3.8, 4) is 0 Å². The molecule has 0 heterocycles. The van der Waals surface area contributed by atoms with Crippen LogP contribution in [-0.2, 0) is 9.53 Å². The largest absolute Gasteiger partial charge is 0.510 e. The standard InChI is InChI=1S/C17H18N2O4/c1-23-11-7-8-12-13(9-11)16(21)14(15(12)20)18-19-17(22)10-5-3-2-4-6-10/h2-6,11-13,21H,7-9H2,1H3. The molecule has 0 spiro atoms. The number of ether oxygens (including phenoxy) is 1. The Morgan fingerprint density at radius 1 is 1.22 bits per heavy atom. The summed E-state index contributed by atoms with van der Waals surface area (Å²) in [5, 5.41) is 17.6. The van der Waals surface area contributed by atoms with E-state index in [1.807, 2.05) is 0 Å². The molecule has 2 aliphatic carbocycles. The molecular weight excluding hydrogens is 296 g/mol. The summed E-state index contributed by atoms with van der Waals surface area (Å²) in [4.78, 5) is 24.3. The van der Waals surface area contributed by atoms with E-state index < -0.39 is 5.91 Å². The van der Waals surface area contributed by atoms with E-state index >= 15 is 0 Å². The highest BCUT2D eigenvalue weighted by molar-refractivity contribution is 6.01. The van der Waals surface area contributed by atoms with Crippen LogP contribution in [0.15, 0.2) is 52.0 Å². The third-order valence-electron chi connectivity index (χ3n) is 4.56. The summed E-state index contributed by atoms with van der Waals surface area (Å²) in [6.07, 6.45) is 2.06. The highest BCUT2D eigenvalue weighted by atomic mass is 16.5. The van der Waals surface area contributed by atoms with Crippen molar-refractivity contribution in [1.29, 1.82) is 0 Å². The van der Waals surface area contributed by atoms with Gasteiger partial charge in [-0.2, -0.15) is 0 Å². The highest BCUT2D eigenvalue weighted by Crippen LogP contribution is 2.43. The van der Waals surface area contributed by atoms with Crippen LogP contribution >= 0.6 is 0 Å². The highest BCUT2D eigenvalue weighted by Gasteiger charge is 2.46. The van der Waals surface area contributed by atoms with Gasteiger partial charge in [0.15, 0.2) is 11.5 Å². The molecule has 0 aliphatic heterocycles. The van der Waals surface area contributed by atoms with Crippen LogP contribution in [0.4, 0.5) is 0 Å². The maximum atomic E-state index is 12.4. The van der Waals surface area contributed by atoms with E-state index in [0.29, 0.717) is 18.4 Å². The van der Waals surface area contributed by atoms with Gasteiger partial charge in [-0.25, -0.2) is 0 Å². The first-order valence-electron chi connectivity index (χ1n) is 7.63. The smallest absolute Gasteiger partial charge is 0.295 e. The first-order chi connectivity index (χ1) is 11.1. The Balaban J connectivity index is 1.79. The minimum absolute atomic E-state index is 0.0356. The minimum Gasteiger partial charge on any atom is -0.510 e. The van der Waals surface area contributed by atoms with Crippen molar-refractivity contribution in [2.75, 3.05) is 7.11 Å². The lowest BCUT2D eigenvalue weighted by Gasteiger charge is -2.29. The summed E-state index contributed by atoms with van der Waals surface area (Å²) >= 11 is 0. The fourth-order valence-corrected chi connectivity index (χ4v) is 3.27. The molecule has 3 rings (SSSR count). The molecule has 120 valence electrons. The predicted octanol–water partition coefficient (Wildman–Crippen LogP) is 3.06. The molecule has 0 saturated heterocycles. The van der Waals surface area contributed by atoms with Crippen LogP contribution in [-0.4, -0.2) is 30.0 Å². The number of nitrogens with zero attached hydrogens (tertiary/aromatic N) is 2. The molecule has 0 bridgehead atoms. The van der Waals surface area contributed by atoms with Crippen LogP contribution in [0, 0.1) is 11.8 Å². The normalized spacial score (nSPS) is 27.5. The summed E-state index contributed by atoms with van der Waals surface area (Å²) in [5.74, 6) is -1.38. The number of rotatable bonds is 3. The second kappa shape index (κ2) is 6.42. The number of carbonyl (C=O) groups is 2. The molecular formula is C17H18N2O4. The summed E-state index contributed by atoms with van der Waals surface area (Å²) in [5.41, 5.74) is 0.305. The number of Topliss-reactive ketones (excluding diaryl/α,β-unsaturated/α-hetero) is 1. The number of fused-ring (bicyclic) bond motifs is 1. The number of azo groups is 1. The van der Waals surface area contributed by atoms with Crippen LogP contribution < -0.4 is 0 Å². The summed E-state index contributed by atoms with van der Waals surface area (Å²) in [6.45, 7) is 0. The fourth-order valence-electron chi connectivity index (χ4n) is 3.27. The number of benzene rings is 1. The van der Waals surface area contributed by atoms with E-state index in [4.69, 9.17) is 4.74 Å². The van der Waals surface area contributed by atoms with Gasteiger partial charge in [0.2, 0.25) is 0 Å². The van der Waals surface area contributed by atoms with Gasteiger partial charge in [0, 0.05) is 24.5 Å². The lowest BCUT2D eigenvalue weighted by atomic mass is 9.79. The Labute approximate surface area is 133 Å². The van der Waals surface area contributed by atoms with Gasteiger partial charge in [0.1, 0.15) is 5.76 Å². The molecule has 1 aromatic carbocycles. The number of carbonyl (C=O) groups excluding carboxylic acids is 2. The SMILES string of the molecule is COC1CCC2C(=O)C(N=NC(=O)c3ccccc3)=C(O)C2C1. The summed E-state index contributed by atoms with van der Waals surface area (Å²) in [7, 11) is 1.63. The van der Waals surface area contributed by atoms with Gasteiger partial charge in [-0.05, 0) is 31.4 Å². The van der Waals surface area contributed by atoms with Crippen molar-refractivity contribution >= 4 is 11.7 Å². The van der Waals surface area contributed by atoms with Crippen LogP contribution in [0.25, 0.3) is 0 Å². The number of hydrogen-bond acceptors (Lipinski definition) is 5. The zero-order valence-electron chi connectivity index (χ0n) is 12.8. The van der Waals surface area contributed by atoms with Gasteiger partial charge >= 0.3 is 0 Å². The number of hydrogen-bond donors (Lipinski definition) is 1. The molecule has 0 aromatic heterocycles. The second-order valence-corrected chi connectivity index (χ2v) is 5.85. The molecule has 1 aromatic rings. The molecule has 1 N–H and O–H groups in total. The van der Waals surface area contributed by atoms with Crippen molar-refractivity contribution in [3.63, 3.8) is 0 Å². The monoisotopic (exact) mass is 314 g/mol. The van der Waals surface area contributed by atoms with Gasteiger partial charge in [-0.15, -0.1) is 10.2 Å². The van der Waals surface area contributed by atoms with Crippen molar-refractivity contribution in [3.05, 3.63) is 47.4 Å². The second-order valence-electron chi connectivity index (χ2n) is 5.85. The van der Waals surface area contributed by atoms with Gasteiger partial charge in [-0.1, -0.05) is 18.2 Å². The average Bonchev–Trinajstić information content (AvgIpc) is 2.84. The zero-order valence-corrected chi connectivity index (χ0v) is 12.8. The Kier molecular flexibility index (Phi) is 4.34. The van der Waals surface area contributed by atoms with E-state index in [2.05, 4.69) is 10.2 Å².